The average Bonchev–Trinajstić information content (AvgIpc) is 2.72. The van der Waals surface area contributed by atoms with Gasteiger partial charge in [0.15, 0.2) is 5.13 Å². The third-order valence-electron chi connectivity index (χ3n) is 3.57. The molecule has 2 rings (SSSR count). The molecule has 1 aromatic rings. The fraction of sp³-hybridized carbons (Fsp3) is 0.786. The molecule has 0 bridgehead atoms. The average molecular weight is 267 g/mol. The summed E-state index contributed by atoms with van der Waals surface area (Å²) in [4.78, 5) is 8.76. The van der Waals surface area contributed by atoms with E-state index >= 15 is 0 Å². The third-order valence-corrected chi connectivity index (χ3v) is 4.72. The van der Waals surface area contributed by atoms with Crippen molar-refractivity contribution < 1.29 is 0 Å². The van der Waals surface area contributed by atoms with Gasteiger partial charge in [-0.15, -0.1) is 11.3 Å². The van der Waals surface area contributed by atoms with E-state index in [-0.39, 0.29) is 0 Å². The highest BCUT2D eigenvalue weighted by atomic mass is 32.1. The van der Waals surface area contributed by atoms with Gasteiger partial charge in [0.05, 0.1) is 5.69 Å². The Morgan fingerprint density at radius 1 is 1.17 bits per heavy atom. The lowest BCUT2D eigenvalue weighted by Crippen LogP contribution is -2.26. The maximum absolute atomic E-state index is 4.85. The lowest BCUT2D eigenvalue weighted by molar-refractivity contribution is 0.555. The van der Waals surface area contributed by atoms with Crippen molar-refractivity contribution in [1.29, 1.82) is 0 Å². The molecule has 1 aromatic heterocycles. The lowest BCUT2D eigenvalue weighted by Gasteiger charge is -2.23. The van der Waals surface area contributed by atoms with E-state index in [1.807, 2.05) is 18.4 Å². The SMILES string of the molecule is CCc1nc(N2CCCCCCC2)sc1CNC. The van der Waals surface area contributed by atoms with Crippen LogP contribution in [0.4, 0.5) is 5.13 Å². The van der Waals surface area contributed by atoms with E-state index in [1.54, 1.807) is 0 Å². The van der Waals surface area contributed by atoms with Crippen LogP contribution in [0.5, 0.6) is 0 Å². The van der Waals surface area contributed by atoms with Crippen molar-refractivity contribution in [1.82, 2.24) is 10.3 Å². The summed E-state index contributed by atoms with van der Waals surface area (Å²) in [5.74, 6) is 0. The number of rotatable bonds is 4. The quantitative estimate of drug-likeness (QED) is 0.908. The van der Waals surface area contributed by atoms with Crippen LogP contribution in [0.3, 0.4) is 0 Å². The Labute approximate surface area is 115 Å². The van der Waals surface area contributed by atoms with E-state index < -0.39 is 0 Å². The number of nitrogens with zero attached hydrogens (tertiary/aromatic N) is 2. The molecule has 0 unspecified atom stereocenters. The molecule has 0 aliphatic carbocycles. The van der Waals surface area contributed by atoms with Gasteiger partial charge in [-0.05, 0) is 26.3 Å². The van der Waals surface area contributed by atoms with Gasteiger partial charge in [-0.25, -0.2) is 4.98 Å². The largest absolute Gasteiger partial charge is 0.348 e. The van der Waals surface area contributed by atoms with Crippen LogP contribution in [-0.4, -0.2) is 25.1 Å². The molecule has 2 heterocycles. The number of hydrogen-bond acceptors (Lipinski definition) is 4. The molecule has 0 saturated carbocycles. The second kappa shape index (κ2) is 7.10. The van der Waals surface area contributed by atoms with Crippen molar-refractivity contribution in [3.05, 3.63) is 10.6 Å². The Hall–Kier alpha value is -0.610. The lowest BCUT2D eigenvalue weighted by atomic mass is 10.1. The van der Waals surface area contributed by atoms with Crippen LogP contribution in [0.1, 0.15) is 49.6 Å². The van der Waals surface area contributed by atoms with Crippen LogP contribution in [0, 0.1) is 0 Å². The zero-order valence-electron chi connectivity index (χ0n) is 11.7. The highest BCUT2D eigenvalue weighted by molar-refractivity contribution is 7.15. The molecular formula is C14H25N3S. The predicted octanol–water partition coefficient (Wildman–Crippen LogP) is 3.20. The van der Waals surface area contributed by atoms with Gasteiger partial charge in [0, 0.05) is 24.5 Å². The molecule has 0 amide bonds. The Kier molecular flexibility index (Phi) is 5.45. The second-order valence-corrected chi connectivity index (χ2v) is 6.07. The first kappa shape index (κ1) is 13.8. The molecule has 4 heteroatoms. The Morgan fingerprint density at radius 3 is 2.44 bits per heavy atom. The van der Waals surface area contributed by atoms with Crippen LogP contribution in [0.15, 0.2) is 0 Å². The molecule has 1 fully saturated rings. The molecule has 1 aliphatic rings. The van der Waals surface area contributed by atoms with Gasteiger partial charge in [-0.2, -0.15) is 0 Å². The number of anilines is 1. The highest BCUT2D eigenvalue weighted by Crippen LogP contribution is 2.28. The van der Waals surface area contributed by atoms with Crippen molar-refractivity contribution in [2.45, 2.75) is 52.0 Å². The van der Waals surface area contributed by atoms with Gasteiger partial charge in [0.25, 0.3) is 0 Å². The maximum atomic E-state index is 4.85. The predicted molar refractivity (Wildman–Crippen MR) is 79.6 cm³/mol. The van der Waals surface area contributed by atoms with Gasteiger partial charge in [0.2, 0.25) is 0 Å². The van der Waals surface area contributed by atoms with E-state index in [9.17, 15) is 0 Å². The molecule has 3 nitrogen and oxygen atoms in total. The minimum absolute atomic E-state index is 0.953. The number of hydrogen-bond donors (Lipinski definition) is 1. The summed E-state index contributed by atoms with van der Waals surface area (Å²) in [6, 6.07) is 0. The second-order valence-electron chi connectivity index (χ2n) is 5.01. The smallest absolute Gasteiger partial charge is 0.185 e. The van der Waals surface area contributed by atoms with Crippen LogP contribution in [0.2, 0.25) is 0 Å². The van der Waals surface area contributed by atoms with E-state index in [4.69, 9.17) is 4.98 Å². The van der Waals surface area contributed by atoms with Crippen LogP contribution in [-0.2, 0) is 13.0 Å². The first-order valence-corrected chi connectivity index (χ1v) is 8.05. The standard InChI is InChI=1S/C14H25N3S/c1-3-12-13(11-15-2)18-14(16-12)17-9-7-5-4-6-8-10-17/h15H,3-11H2,1-2H3. The van der Waals surface area contributed by atoms with Crippen molar-refractivity contribution in [2.75, 3.05) is 25.0 Å². The number of nitrogens with one attached hydrogen (secondary N) is 1. The molecule has 0 spiro atoms. The van der Waals surface area contributed by atoms with E-state index in [0.717, 1.165) is 13.0 Å². The number of thiazole rings is 1. The number of aryl methyl sites for hydroxylation is 1. The Balaban J connectivity index is 2.10. The highest BCUT2D eigenvalue weighted by Gasteiger charge is 2.15. The Bertz CT molecular complexity index is 354. The summed E-state index contributed by atoms with van der Waals surface area (Å²) in [5.41, 5.74) is 1.28. The van der Waals surface area contributed by atoms with Gasteiger partial charge >= 0.3 is 0 Å². The summed E-state index contributed by atoms with van der Waals surface area (Å²) >= 11 is 1.88. The van der Waals surface area contributed by atoms with Crippen LogP contribution in [0.25, 0.3) is 0 Å². The first-order valence-electron chi connectivity index (χ1n) is 7.23. The van der Waals surface area contributed by atoms with Crippen molar-refractivity contribution in [2.24, 2.45) is 0 Å². The van der Waals surface area contributed by atoms with Crippen LogP contribution < -0.4 is 10.2 Å². The molecule has 0 radical (unpaired) electrons. The summed E-state index contributed by atoms with van der Waals surface area (Å²) in [6.07, 6.45) is 7.86. The summed E-state index contributed by atoms with van der Waals surface area (Å²) in [5, 5.41) is 4.50. The normalized spacial score (nSPS) is 17.6. The molecule has 102 valence electrons. The van der Waals surface area contributed by atoms with Crippen LogP contribution >= 0.6 is 11.3 Å². The molecule has 0 atom stereocenters. The summed E-state index contributed by atoms with van der Waals surface area (Å²) in [6.45, 7) is 5.53. The zero-order chi connectivity index (χ0) is 12.8. The third kappa shape index (κ3) is 3.45. The summed E-state index contributed by atoms with van der Waals surface area (Å²) < 4.78 is 0. The fourth-order valence-electron chi connectivity index (χ4n) is 2.52. The van der Waals surface area contributed by atoms with Crippen molar-refractivity contribution in [3.63, 3.8) is 0 Å². The summed E-state index contributed by atoms with van der Waals surface area (Å²) in [7, 11) is 2.01. The van der Waals surface area contributed by atoms with E-state index in [0.29, 0.717) is 0 Å². The minimum Gasteiger partial charge on any atom is -0.348 e. The zero-order valence-corrected chi connectivity index (χ0v) is 12.5. The molecule has 1 aliphatic heterocycles. The molecule has 0 aromatic carbocycles. The van der Waals surface area contributed by atoms with Crippen molar-refractivity contribution in [3.8, 4) is 0 Å². The monoisotopic (exact) mass is 267 g/mol. The topological polar surface area (TPSA) is 28.2 Å². The molecule has 1 saturated heterocycles. The van der Waals surface area contributed by atoms with E-state index in [2.05, 4.69) is 17.1 Å². The number of aromatic nitrogens is 1. The molecule has 1 N–H and O–H groups in total. The first-order chi connectivity index (χ1) is 8.85. The maximum Gasteiger partial charge on any atom is 0.185 e. The van der Waals surface area contributed by atoms with Gasteiger partial charge in [0.1, 0.15) is 0 Å². The van der Waals surface area contributed by atoms with E-state index in [1.165, 1.54) is 60.9 Å². The molecule has 18 heavy (non-hydrogen) atoms. The van der Waals surface area contributed by atoms with Gasteiger partial charge < -0.3 is 10.2 Å². The van der Waals surface area contributed by atoms with Crippen molar-refractivity contribution >= 4 is 16.5 Å². The minimum atomic E-state index is 0.953. The van der Waals surface area contributed by atoms with Gasteiger partial charge in [-0.1, -0.05) is 26.2 Å². The Morgan fingerprint density at radius 2 is 1.83 bits per heavy atom. The fourth-order valence-corrected chi connectivity index (χ4v) is 3.73. The van der Waals surface area contributed by atoms with Gasteiger partial charge in [-0.3, -0.25) is 0 Å². The molecular weight excluding hydrogens is 242 g/mol.